The molecule has 0 spiro atoms. The van der Waals surface area contributed by atoms with Crippen molar-refractivity contribution in [2.75, 3.05) is 11.9 Å². The summed E-state index contributed by atoms with van der Waals surface area (Å²) in [6.45, 7) is 2.18. The van der Waals surface area contributed by atoms with Crippen molar-refractivity contribution in [2.24, 2.45) is 5.92 Å². The summed E-state index contributed by atoms with van der Waals surface area (Å²) >= 11 is 2.98. The second-order valence-electron chi connectivity index (χ2n) is 7.69. The zero-order valence-electron chi connectivity index (χ0n) is 16.7. The first kappa shape index (κ1) is 20.5. The summed E-state index contributed by atoms with van der Waals surface area (Å²) in [6.07, 6.45) is 0.962. The van der Waals surface area contributed by atoms with Crippen LogP contribution in [0.4, 0.5) is 5.69 Å². The lowest BCUT2D eigenvalue weighted by Crippen LogP contribution is -2.46. The summed E-state index contributed by atoms with van der Waals surface area (Å²) in [5.41, 5.74) is 5.85. The van der Waals surface area contributed by atoms with Gasteiger partial charge in [-0.05, 0) is 56.2 Å². The van der Waals surface area contributed by atoms with Crippen LogP contribution in [0.1, 0.15) is 19.8 Å². The second kappa shape index (κ2) is 7.94. The van der Waals surface area contributed by atoms with Crippen LogP contribution in [0.3, 0.4) is 0 Å². The van der Waals surface area contributed by atoms with Crippen molar-refractivity contribution in [1.82, 2.24) is 14.3 Å². The van der Waals surface area contributed by atoms with Gasteiger partial charge in [-0.1, -0.05) is 0 Å². The molecule has 160 valence electrons. The van der Waals surface area contributed by atoms with Crippen LogP contribution in [-0.2, 0) is 14.8 Å². The summed E-state index contributed by atoms with van der Waals surface area (Å²) in [5, 5.41) is 2.97. The van der Waals surface area contributed by atoms with Crippen LogP contribution >= 0.6 is 22.7 Å². The SMILES string of the molecule is C[C@@H]1C[C@@H](C(=O)Nc2ccc3scnc3c2)CCN1S(=O)(=O)c1ccc2ncsc2c1. The molecule has 1 N–H and O–H groups in total. The Hall–Kier alpha value is -2.40. The largest absolute Gasteiger partial charge is 0.326 e. The fourth-order valence-corrected chi connectivity index (χ4v) is 7.19. The molecule has 7 nitrogen and oxygen atoms in total. The predicted molar refractivity (Wildman–Crippen MR) is 124 cm³/mol. The molecule has 2 atom stereocenters. The minimum Gasteiger partial charge on any atom is -0.326 e. The first-order chi connectivity index (χ1) is 14.9. The molecular weight excluding hydrogens is 452 g/mol. The first-order valence-corrected chi connectivity index (χ1v) is 13.1. The first-order valence-electron chi connectivity index (χ1n) is 9.91. The summed E-state index contributed by atoms with van der Waals surface area (Å²) < 4.78 is 29.9. The molecule has 0 bridgehead atoms. The van der Waals surface area contributed by atoms with Crippen LogP contribution in [0.15, 0.2) is 52.3 Å². The second-order valence-corrected chi connectivity index (χ2v) is 11.4. The molecule has 2 aromatic carbocycles. The number of sulfonamides is 1. The lowest BCUT2D eigenvalue weighted by molar-refractivity contribution is -0.121. The molecule has 2 aromatic heterocycles. The number of nitrogens with zero attached hydrogens (tertiary/aromatic N) is 3. The van der Waals surface area contributed by atoms with Gasteiger partial charge in [-0.15, -0.1) is 22.7 Å². The fraction of sp³-hybridized carbons (Fsp3) is 0.286. The van der Waals surface area contributed by atoms with Crippen molar-refractivity contribution in [3.63, 3.8) is 0 Å². The van der Waals surface area contributed by atoms with E-state index in [9.17, 15) is 13.2 Å². The smallest absolute Gasteiger partial charge is 0.243 e. The Kier molecular flexibility index (Phi) is 5.25. The lowest BCUT2D eigenvalue weighted by atomic mass is 9.92. The number of hydrogen-bond acceptors (Lipinski definition) is 7. The number of thiazole rings is 2. The average molecular weight is 473 g/mol. The number of anilines is 1. The number of benzene rings is 2. The van der Waals surface area contributed by atoms with E-state index in [0.29, 0.717) is 25.1 Å². The van der Waals surface area contributed by atoms with Gasteiger partial charge in [-0.3, -0.25) is 4.79 Å². The van der Waals surface area contributed by atoms with Gasteiger partial charge < -0.3 is 5.32 Å². The highest BCUT2D eigenvalue weighted by atomic mass is 32.2. The molecule has 10 heteroatoms. The third-order valence-electron chi connectivity index (χ3n) is 5.69. The van der Waals surface area contributed by atoms with E-state index in [1.807, 2.05) is 25.1 Å². The Morgan fingerprint density at radius 2 is 1.84 bits per heavy atom. The van der Waals surface area contributed by atoms with Gasteiger partial charge in [0.05, 0.1) is 36.3 Å². The van der Waals surface area contributed by atoms with Gasteiger partial charge >= 0.3 is 0 Å². The number of fused-ring (bicyclic) bond motifs is 2. The van der Waals surface area contributed by atoms with Crippen molar-refractivity contribution >= 4 is 64.7 Å². The number of aromatic nitrogens is 2. The Labute approximate surface area is 187 Å². The summed E-state index contributed by atoms with van der Waals surface area (Å²) in [4.78, 5) is 21.6. The van der Waals surface area contributed by atoms with Gasteiger partial charge in [-0.25, -0.2) is 18.4 Å². The van der Waals surface area contributed by atoms with Crippen molar-refractivity contribution in [2.45, 2.75) is 30.7 Å². The van der Waals surface area contributed by atoms with Crippen LogP contribution in [0.25, 0.3) is 20.4 Å². The van der Waals surface area contributed by atoms with Gasteiger partial charge in [0.1, 0.15) is 0 Å². The van der Waals surface area contributed by atoms with E-state index >= 15 is 0 Å². The van der Waals surface area contributed by atoms with Gasteiger partial charge in [0, 0.05) is 24.2 Å². The van der Waals surface area contributed by atoms with Crippen LogP contribution < -0.4 is 5.32 Å². The van der Waals surface area contributed by atoms with E-state index in [-0.39, 0.29) is 22.8 Å². The Balaban J connectivity index is 1.29. The van der Waals surface area contributed by atoms with Gasteiger partial charge in [0.25, 0.3) is 0 Å². The molecular formula is C21H20N4O3S3. The highest BCUT2D eigenvalue weighted by Gasteiger charge is 2.37. The monoisotopic (exact) mass is 472 g/mol. The number of hydrogen-bond donors (Lipinski definition) is 1. The molecule has 3 heterocycles. The molecule has 5 rings (SSSR count). The van der Waals surface area contributed by atoms with Crippen molar-refractivity contribution in [3.8, 4) is 0 Å². The molecule has 1 aliphatic rings. The third kappa shape index (κ3) is 3.84. The zero-order chi connectivity index (χ0) is 21.6. The van der Waals surface area contributed by atoms with Gasteiger partial charge in [0.15, 0.2) is 0 Å². The average Bonchev–Trinajstić information content (AvgIpc) is 3.41. The molecule has 1 saturated heterocycles. The highest BCUT2D eigenvalue weighted by molar-refractivity contribution is 7.89. The molecule has 1 aliphatic heterocycles. The van der Waals surface area contributed by atoms with Crippen LogP contribution in [-0.4, -0.2) is 41.2 Å². The number of nitrogens with one attached hydrogen (secondary N) is 1. The van der Waals surface area contributed by atoms with Gasteiger partial charge in [0.2, 0.25) is 15.9 Å². The molecule has 1 fully saturated rings. The quantitative estimate of drug-likeness (QED) is 0.477. The number of rotatable bonds is 4. The maximum absolute atomic E-state index is 13.2. The van der Waals surface area contributed by atoms with Crippen LogP contribution in [0, 0.1) is 5.92 Å². The van der Waals surface area contributed by atoms with E-state index in [1.165, 1.54) is 15.6 Å². The Morgan fingerprint density at radius 3 is 2.65 bits per heavy atom. The van der Waals surface area contributed by atoms with Crippen molar-refractivity contribution in [1.29, 1.82) is 0 Å². The van der Waals surface area contributed by atoms with Crippen LogP contribution in [0.5, 0.6) is 0 Å². The number of carbonyl (C=O) groups excluding carboxylic acids is 1. The number of amides is 1. The van der Waals surface area contributed by atoms with E-state index in [2.05, 4.69) is 15.3 Å². The highest BCUT2D eigenvalue weighted by Crippen LogP contribution is 2.31. The standard InChI is InChI=1S/C21H20N4O3S3/c1-13-8-14(21(26)24-15-2-5-19-18(9-15)23-12-29-19)6-7-25(13)31(27,28)16-3-4-17-20(10-16)30-11-22-17/h2-5,9-14H,6-8H2,1H3,(H,24,26)/t13-,14+/m1/s1. The minimum absolute atomic E-state index is 0.0791. The fourth-order valence-electron chi connectivity index (χ4n) is 4.06. The molecule has 0 saturated carbocycles. The molecule has 0 unspecified atom stereocenters. The van der Waals surface area contributed by atoms with Crippen LogP contribution in [0.2, 0.25) is 0 Å². The molecule has 0 aliphatic carbocycles. The molecule has 31 heavy (non-hydrogen) atoms. The van der Waals surface area contributed by atoms with E-state index in [0.717, 1.165) is 20.4 Å². The summed E-state index contributed by atoms with van der Waals surface area (Å²) in [6, 6.07) is 10.4. The summed E-state index contributed by atoms with van der Waals surface area (Å²) in [5.74, 6) is -0.318. The third-order valence-corrected chi connectivity index (χ3v) is 9.30. The van der Waals surface area contributed by atoms with E-state index in [4.69, 9.17) is 0 Å². The normalized spacial score (nSPS) is 20.3. The predicted octanol–water partition coefficient (Wildman–Crippen LogP) is 4.33. The molecule has 0 radical (unpaired) electrons. The van der Waals surface area contributed by atoms with Crippen molar-refractivity contribution in [3.05, 3.63) is 47.4 Å². The molecule has 1 amide bonds. The van der Waals surface area contributed by atoms with Gasteiger partial charge in [-0.2, -0.15) is 4.31 Å². The van der Waals surface area contributed by atoms with E-state index in [1.54, 1.807) is 40.6 Å². The number of piperidine rings is 1. The zero-order valence-corrected chi connectivity index (χ0v) is 19.1. The maximum atomic E-state index is 13.2. The lowest BCUT2D eigenvalue weighted by Gasteiger charge is -2.36. The number of carbonyl (C=O) groups is 1. The molecule has 4 aromatic rings. The Morgan fingerprint density at radius 1 is 1.06 bits per heavy atom. The Bertz CT molecular complexity index is 1380. The van der Waals surface area contributed by atoms with Crippen molar-refractivity contribution < 1.29 is 13.2 Å². The summed E-state index contributed by atoms with van der Waals surface area (Å²) in [7, 11) is -3.63. The minimum atomic E-state index is -3.63. The maximum Gasteiger partial charge on any atom is 0.243 e. The topological polar surface area (TPSA) is 92.3 Å². The van der Waals surface area contributed by atoms with E-state index < -0.39 is 10.0 Å².